The van der Waals surface area contributed by atoms with Gasteiger partial charge in [-0.3, -0.25) is 4.79 Å². The van der Waals surface area contributed by atoms with Crippen LogP contribution < -0.4 is 0 Å². The van der Waals surface area contributed by atoms with Crippen molar-refractivity contribution in [2.24, 2.45) is 5.92 Å². The van der Waals surface area contributed by atoms with Gasteiger partial charge in [-0.25, -0.2) is 0 Å². The predicted molar refractivity (Wildman–Crippen MR) is 43.4 cm³/mol. The molecule has 0 fully saturated rings. The lowest BCUT2D eigenvalue weighted by molar-refractivity contribution is -0.137. The standard InChI is InChI=1S/C5H10O2S2/c6-5(7)1-4(2-8)3-9/h4,8-9H,1-3H2,(H,6,7). The van der Waals surface area contributed by atoms with E-state index in [4.69, 9.17) is 5.11 Å². The van der Waals surface area contributed by atoms with E-state index in [9.17, 15) is 4.79 Å². The Bertz CT molecular complexity index is 91.0. The molecule has 0 rings (SSSR count). The zero-order chi connectivity index (χ0) is 7.28. The molecule has 0 aromatic rings. The Morgan fingerprint density at radius 2 is 1.89 bits per heavy atom. The number of hydrogen-bond acceptors (Lipinski definition) is 3. The first-order valence-corrected chi connectivity index (χ1v) is 3.90. The molecule has 4 heteroatoms. The van der Waals surface area contributed by atoms with Gasteiger partial charge in [0, 0.05) is 6.42 Å². The van der Waals surface area contributed by atoms with Crippen LogP contribution >= 0.6 is 25.3 Å². The highest BCUT2D eigenvalue weighted by Gasteiger charge is 2.08. The fourth-order valence-electron chi connectivity index (χ4n) is 0.434. The van der Waals surface area contributed by atoms with E-state index in [0.717, 1.165) is 0 Å². The van der Waals surface area contributed by atoms with Gasteiger partial charge in [-0.05, 0) is 17.4 Å². The minimum absolute atomic E-state index is 0.106. The van der Waals surface area contributed by atoms with Crippen LogP contribution in [0.1, 0.15) is 6.42 Å². The lowest BCUT2D eigenvalue weighted by Crippen LogP contribution is -2.10. The van der Waals surface area contributed by atoms with Crippen LogP contribution in [0.3, 0.4) is 0 Å². The third kappa shape index (κ3) is 4.66. The highest BCUT2D eigenvalue weighted by molar-refractivity contribution is 7.81. The van der Waals surface area contributed by atoms with Crippen LogP contribution in [0.4, 0.5) is 0 Å². The summed E-state index contributed by atoms with van der Waals surface area (Å²) in [5.41, 5.74) is 0. The zero-order valence-corrected chi connectivity index (χ0v) is 6.74. The average molecular weight is 166 g/mol. The van der Waals surface area contributed by atoms with Gasteiger partial charge in [0.2, 0.25) is 0 Å². The highest BCUT2D eigenvalue weighted by atomic mass is 32.1. The van der Waals surface area contributed by atoms with Gasteiger partial charge in [0.25, 0.3) is 0 Å². The van der Waals surface area contributed by atoms with Crippen LogP contribution in [0.2, 0.25) is 0 Å². The first-order valence-electron chi connectivity index (χ1n) is 2.64. The smallest absolute Gasteiger partial charge is 0.303 e. The third-order valence-electron chi connectivity index (χ3n) is 0.980. The summed E-state index contributed by atoms with van der Waals surface area (Å²) in [4.78, 5) is 10.1. The summed E-state index contributed by atoms with van der Waals surface area (Å²) < 4.78 is 0. The predicted octanol–water partition coefficient (Wildman–Crippen LogP) is 0.937. The second-order valence-corrected chi connectivity index (χ2v) is 2.56. The number of aliphatic carboxylic acids is 1. The summed E-state index contributed by atoms with van der Waals surface area (Å²) in [7, 11) is 0. The SMILES string of the molecule is O=C(O)CC(CS)CS. The number of hydrogen-bond donors (Lipinski definition) is 3. The normalized spacial score (nSPS) is 10.1. The third-order valence-corrected chi connectivity index (χ3v) is 2.01. The van der Waals surface area contributed by atoms with Crippen molar-refractivity contribution in [2.45, 2.75) is 6.42 Å². The number of carboxylic acids is 1. The monoisotopic (exact) mass is 166 g/mol. The van der Waals surface area contributed by atoms with Crippen molar-refractivity contribution in [3.05, 3.63) is 0 Å². The summed E-state index contributed by atoms with van der Waals surface area (Å²) in [6, 6.07) is 0. The molecule has 0 aromatic heterocycles. The molecule has 0 atom stereocenters. The van der Waals surface area contributed by atoms with E-state index in [1.165, 1.54) is 0 Å². The molecule has 1 N–H and O–H groups in total. The topological polar surface area (TPSA) is 37.3 Å². The van der Waals surface area contributed by atoms with Gasteiger partial charge < -0.3 is 5.11 Å². The van der Waals surface area contributed by atoms with Crippen LogP contribution in [0.25, 0.3) is 0 Å². The zero-order valence-electron chi connectivity index (χ0n) is 4.95. The maximum absolute atomic E-state index is 10.1. The van der Waals surface area contributed by atoms with Crippen LogP contribution in [-0.4, -0.2) is 22.6 Å². The second kappa shape index (κ2) is 4.99. The summed E-state index contributed by atoms with van der Waals surface area (Å²) in [5.74, 6) is 0.517. The lowest BCUT2D eigenvalue weighted by Gasteiger charge is -2.05. The molecule has 0 aliphatic carbocycles. The van der Waals surface area contributed by atoms with Crippen LogP contribution in [0.15, 0.2) is 0 Å². The van der Waals surface area contributed by atoms with E-state index in [1.54, 1.807) is 0 Å². The maximum atomic E-state index is 10.1. The summed E-state index contributed by atoms with van der Waals surface area (Å²) in [5, 5.41) is 8.28. The van der Waals surface area contributed by atoms with Crippen molar-refractivity contribution in [1.29, 1.82) is 0 Å². The van der Waals surface area contributed by atoms with E-state index >= 15 is 0 Å². The number of thiol groups is 2. The molecule has 0 saturated heterocycles. The van der Waals surface area contributed by atoms with Gasteiger partial charge >= 0.3 is 5.97 Å². The first-order chi connectivity index (χ1) is 4.20. The van der Waals surface area contributed by atoms with E-state index < -0.39 is 5.97 Å². The van der Waals surface area contributed by atoms with Gasteiger partial charge in [-0.1, -0.05) is 0 Å². The largest absolute Gasteiger partial charge is 0.481 e. The fourth-order valence-corrected chi connectivity index (χ4v) is 1.15. The molecule has 2 nitrogen and oxygen atoms in total. The van der Waals surface area contributed by atoms with Crippen molar-refractivity contribution in [2.75, 3.05) is 11.5 Å². The van der Waals surface area contributed by atoms with E-state index in [0.29, 0.717) is 11.5 Å². The molecule has 9 heavy (non-hydrogen) atoms. The molecule has 0 bridgehead atoms. The minimum Gasteiger partial charge on any atom is -0.481 e. The molecule has 0 saturated carbocycles. The molecule has 0 aliphatic heterocycles. The second-order valence-electron chi connectivity index (χ2n) is 1.83. The van der Waals surface area contributed by atoms with Crippen molar-refractivity contribution in [3.8, 4) is 0 Å². The average Bonchev–Trinajstić information content (AvgIpc) is 1.82. The van der Waals surface area contributed by atoms with Crippen LogP contribution in [0, 0.1) is 5.92 Å². The quantitative estimate of drug-likeness (QED) is 0.544. The van der Waals surface area contributed by atoms with Gasteiger partial charge in [-0.15, -0.1) is 0 Å². The number of carboxylic acid groups (broad SMARTS) is 1. The summed E-state index contributed by atoms with van der Waals surface area (Å²) in [6.07, 6.45) is 0.174. The number of carbonyl (C=O) groups is 1. The van der Waals surface area contributed by atoms with Crippen LogP contribution in [-0.2, 0) is 4.79 Å². The van der Waals surface area contributed by atoms with E-state index in [1.807, 2.05) is 0 Å². The van der Waals surface area contributed by atoms with Gasteiger partial charge in [0.15, 0.2) is 0 Å². The van der Waals surface area contributed by atoms with E-state index in [2.05, 4.69) is 25.3 Å². The highest BCUT2D eigenvalue weighted by Crippen LogP contribution is 2.06. The van der Waals surface area contributed by atoms with Gasteiger partial charge in [0.05, 0.1) is 0 Å². The lowest BCUT2D eigenvalue weighted by atomic mass is 10.1. The van der Waals surface area contributed by atoms with Crippen molar-refractivity contribution in [3.63, 3.8) is 0 Å². The molecule has 54 valence electrons. The molecule has 0 heterocycles. The molecular weight excluding hydrogens is 156 g/mol. The number of rotatable bonds is 4. The Kier molecular flexibility index (Phi) is 5.09. The summed E-state index contributed by atoms with van der Waals surface area (Å²) >= 11 is 7.92. The molecule has 0 unspecified atom stereocenters. The van der Waals surface area contributed by atoms with Gasteiger partial charge in [0.1, 0.15) is 0 Å². The maximum Gasteiger partial charge on any atom is 0.303 e. The van der Waals surface area contributed by atoms with E-state index in [-0.39, 0.29) is 12.3 Å². The first kappa shape index (κ1) is 9.17. The molecule has 0 radical (unpaired) electrons. The van der Waals surface area contributed by atoms with Crippen molar-refractivity contribution >= 4 is 31.2 Å². The van der Waals surface area contributed by atoms with Crippen LogP contribution in [0.5, 0.6) is 0 Å². The molecular formula is C5H10O2S2. The molecule has 0 spiro atoms. The molecule has 0 aromatic carbocycles. The Morgan fingerprint density at radius 3 is 2.00 bits per heavy atom. The van der Waals surface area contributed by atoms with Crippen molar-refractivity contribution in [1.82, 2.24) is 0 Å². The summed E-state index contributed by atoms with van der Waals surface area (Å²) in [6.45, 7) is 0. The minimum atomic E-state index is -0.775. The Hall–Kier alpha value is 0.170. The Balaban J connectivity index is 3.43. The molecule has 0 amide bonds. The molecule has 0 aliphatic rings. The van der Waals surface area contributed by atoms with Gasteiger partial charge in [-0.2, -0.15) is 25.3 Å². The fraction of sp³-hybridized carbons (Fsp3) is 0.800. The Morgan fingerprint density at radius 1 is 1.44 bits per heavy atom. The van der Waals surface area contributed by atoms with Crippen molar-refractivity contribution < 1.29 is 9.90 Å². The Labute approximate surface area is 65.5 Å².